The molecule has 0 aliphatic carbocycles. The van der Waals surface area contributed by atoms with Gasteiger partial charge >= 0.3 is 0 Å². The van der Waals surface area contributed by atoms with Crippen molar-refractivity contribution in [1.82, 2.24) is 14.5 Å². The highest BCUT2D eigenvalue weighted by Gasteiger charge is 2.27. The normalized spacial score (nSPS) is 15.4. The third kappa shape index (κ3) is 4.01. The summed E-state index contributed by atoms with van der Waals surface area (Å²) in [6.45, 7) is 3.97. The maximum atomic E-state index is 13.1. The quantitative estimate of drug-likeness (QED) is 0.491. The van der Waals surface area contributed by atoms with Crippen molar-refractivity contribution in [3.8, 4) is 5.69 Å². The monoisotopic (exact) mass is 430 g/mol. The number of rotatable bonds is 5. The summed E-state index contributed by atoms with van der Waals surface area (Å²) in [5.74, 6) is -0.0178. The lowest BCUT2D eigenvalue weighted by atomic mass is 10.2. The lowest BCUT2D eigenvalue weighted by Crippen LogP contribution is -2.24. The van der Waals surface area contributed by atoms with Crippen LogP contribution in [0.4, 0.5) is 5.13 Å². The molecule has 0 bridgehead atoms. The van der Waals surface area contributed by atoms with Crippen molar-refractivity contribution in [3.63, 3.8) is 0 Å². The Morgan fingerprint density at radius 2 is 2.11 bits per heavy atom. The summed E-state index contributed by atoms with van der Waals surface area (Å²) in [4.78, 5) is 35.2. The third-order valence-electron chi connectivity index (χ3n) is 4.09. The van der Waals surface area contributed by atoms with E-state index in [2.05, 4.69) is 17.2 Å². The highest BCUT2D eigenvalue weighted by Crippen LogP contribution is 2.34. The minimum absolute atomic E-state index is 0.0657. The number of thiazole rings is 1. The van der Waals surface area contributed by atoms with Gasteiger partial charge in [0.2, 0.25) is 5.91 Å². The van der Waals surface area contributed by atoms with Gasteiger partial charge in [0.25, 0.3) is 5.56 Å². The molecule has 3 aromatic rings. The Morgan fingerprint density at radius 3 is 2.82 bits per heavy atom. The van der Waals surface area contributed by atoms with Crippen molar-refractivity contribution in [2.45, 2.75) is 35.6 Å². The van der Waals surface area contributed by atoms with Crippen LogP contribution in [-0.2, 0) is 11.2 Å². The summed E-state index contributed by atoms with van der Waals surface area (Å²) in [5.41, 5.74) is 2.39. The van der Waals surface area contributed by atoms with E-state index >= 15 is 0 Å². The van der Waals surface area contributed by atoms with Crippen molar-refractivity contribution in [3.05, 3.63) is 57.5 Å². The number of carbonyl (C=O) groups is 1. The molecule has 1 unspecified atom stereocenters. The van der Waals surface area contributed by atoms with Crippen molar-refractivity contribution >= 4 is 45.9 Å². The zero-order chi connectivity index (χ0) is 19.7. The molecule has 1 aromatic carbocycles. The molecule has 1 atom stereocenters. The van der Waals surface area contributed by atoms with Crippen LogP contribution in [0.25, 0.3) is 5.69 Å². The molecule has 3 heterocycles. The van der Waals surface area contributed by atoms with Crippen LogP contribution in [0, 0.1) is 6.92 Å². The molecule has 0 radical (unpaired) electrons. The van der Waals surface area contributed by atoms with Gasteiger partial charge in [0.05, 0.1) is 27.7 Å². The number of carbonyl (C=O) groups excluding carboxylic acids is 1. The van der Waals surface area contributed by atoms with E-state index in [1.54, 1.807) is 16.3 Å². The molecule has 0 fully saturated rings. The lowest BCUT2D eigenvalue weighted by Gasteiger charge is -2.13. The number of nitrogens with zero attached hydrogens (tertiary/aromatic N) is 3. The van der Waals surface area contributed by atoms with E-state index < -0.39 is 0 Å². The first kappa shape index (κ1) is 19.2. The smallest absolute Gasteiger partial charge is 0.272 e. The number of aryl methyl sites for hydroxylation is 1. The van der Waals surface area contributed by atoms with Crippen LogP contribution in [0.2, 0.25) is 0 Å². The Hall–Kier alpha value is -2.10. The van der Waals surface area contributed by atoms with E-state index in [1.807, 2.05) is 42.6 Å². The van der Waals surface area contributed by atoms with E-state index in [4.69, 9.17) is 4.98 Å². The summed E-state index contributed by atoms with van der Waals surface area (Å²) in [7, 11) is 0. The van der Waals surface area contributed by atoms with E-state index in [0.717, 1.165) is 23.5 Å². The van der Waals surface area contributed by atoms with Gasteiger partial charge in [-0.25, -0.2) is 9.97 Å². The van der Waals surface area contributed by atoms with Gasteiger partial charge in [0.15, 0.2) is 10.3 Å². The minimum atomic E-state index is -0.170. The molecule has 1 aliphatic rings. The van der Waals surface area contributed by atoms with Crippen molar-refractivity contribution in [1.29, 1.82) is 0 Å². The molecular formula is C19H18N4O2S3. The van der Waals surface area contributed by atoms with Crippen molar-refractivity contribution in [2.75, 3.05) is 11.1 Å². The van der Waals surface area contributed by atoms with E-state index in [1.165, 1.54) is 23.1 Å². The molecule has 6 nitrogen and oxygen atoms in total. The lowest BCUT2D eigenvalue weighted by molar-refractivity contribution is -0.113. The number of nitrogens with one attached hydrogen (secondary N) is 1. The number of benzene rings is 1. The van der Waals surface area contributed by atoms with Crippen LogP contribution >= 0.6 is 34.9 Å². The highest BCUT2D eigenvalue weighted by atomic mass is 32.2. The molecule has 4 rings (SSSR count). The maximum absolute atomic E-state index is 13.1. The number of anilines is 1. The molecule has 0 saturated carbocycles. The Kier molecular flexibility index (Phi) is 5.56. The van der Waals surface area contributed by atoms with Crippen LogP contribution in [-0.4, -0.2) is 31.4 Å². The van der Waals surface area contributed by atoms with E-state index in [0.29, 0.717) is 20.4 Å². The maximum Gasteiger partial charge on any atom is 0.272 e. The zero-order valence-corrected chi connectivity index (χ0v) is 17.8. The number of aromatic nitrogens is 3. The Balaban J connectivity index is 1.62. The van der Waals surface area contributed by atoms with Crippen molar-refractivity contribution in [2.24, 2.45) is 0 Å². The van der Waals surface area contributed by atoms with Crippen LogP contribution in [0.3, 0.4) is 0 Å². The average Bonchev–Trinajstić information content (AvgIpc) is 3.25. The van der Waals surface area contributed by atoms with Crippen LogP contribution in [0.5, 0.6) is 0 Å². The molecule has 9 heteroatoms. The fraction of sp³-hybridized carbons (Fsp3) is 0.263. The number of para-hydroxylation sites is 1. The number of hydrogen-bond donors (Lipinski definition) is 1. The topological polar surface area (TPSA) is 76.9 Å². The Morgan fingerprint density at radius 1 is 1.32 bits per heavy atom. The molecular weight excluding hydrogens is 412 g/mol. The predicted molar refractivity (Wildman–Crippen MR) is 115 cm³/mol. The third-order valence-corrected chi connectivity index (χ3v) is 7.12. The minimum Gasteiger partial charge on any atom is -0.301 e. The first-order valence-electron chi connectivity index (χ1n) is 8.74. The second kappa shape index (κ2) is 8.10. The molecule has 0 saturated heterocycles. The molecule has 2 aromatic heterocycles. The Bertz CT molecular complexity index is 1080. The van der Waals surface area contributed by atoms with Gasteiger partial charge in [-0.1, -0.05) is 36.9 Å². The fourth-order valence-electron chi connectivity index (χ4n) is 2.90. The standard InChI is InChI=1S/C19H18N4O2S3/c1-11-9-26-18(20-11)22-15(24)10-27-19-21-14-8-12(2)28-16(14)17(25)23(19)13-6-4-3-5-7-13/h3-7,9,12H,8,10H2,1-2H3,(H,20,22,24). The fourth-order valence-corrected chi connectivity index (χ4v) is 5.53. The SMILES string of the molecule is Cc1csc(NC(=O)CSc2nc3c(c(=O)n2-c2ccccc2)SC(C)C3)n1. The molecule has 0 spiro atoms. The van der Waals surface area contributed by atoms with E-state index in [-0.39, 0.29) is 17.2 Å². The highest BCUT2D eigenvalue weighted by molar-refractivity contribution is 8.00. The van der Waals surface area contributed by atoms with Gasteiger partial charge in [0.1, 0.15) is 0 Å². The van der Waals surface area contributed by atoms with Gasteiger partial charge < -0.3 is 5.32 Å². The van der Waals surface area contributed by atoms with E-state index in [9.17, 15) is 9.59 Å². The first-order valence-corrected chi connectivity index (χ1v) is 11.5. The zero-order valence-electron chi connectivity index (χ0n) is 15.3. The molecule has 144 valence electrons. The summed E-state index contributed by atoms with van der Waals surface area (Å²) < 4.78 is 1.61. The summed E-state index contributed by atoms with van der Waals surface area (Å²) in [5, 5.41) is 6.13. The predicted octanol–water partition coefficient (Wildman–Crippen LogP) is 3.76. The molecule has 1 N–H and O–H groups in total. The molecule has 1 aliphatic heterocycles. The second-order valence-corrected chi connectivity index (χ2v) is 9.66. The first-order chi connectivity index (χ1) is 13.5. The van der Waals surface area contributed by atoms with Crippen LogP contribution in [0.1, 0.15) is 18.3 Å². The van der Waals surface area contributed by atoms with Gasteiger partial charge in [0, 0.05) is 17.1 Å². The summed E-state index contributed by atoms with van der Waals surface area (Å²) in [6.07, 6.45) is 0.767. The van der Waals surface area contributed by atoms with Crippen molar-refractivity contribution < 1.29 is 4.79 Å². The second-order valence-electron chi connectivity index (χ2n) is 6.41. The van der Waals surface area contributed by atoms with Gasteiger partial charge in [-0.3, -0.25) is 14.2 Å². The van der Waals surface area contributed by atoms with Crippen LogP contribution in [0.15, 0.2) is 50.6 Å². The van der Waals surface area contributed by atoms with Crippen LogP contribution < -0.4 is 10.9 Å². The Labute approximate surface area is 174 Å². The number of hydrogen-bond acceptors (Lipinski definition) is 7. The number of amides is 1. The summed E-state index contributed by atoms with van der Waals surface area (Å²) >= 11 is 4.23. The number of fused-ring (bicyclic) bond motifs is 1. The molecule has 28 heavy (non-hydrogen) atoms. The largest absolute Gasteiger partial charge is 0.301 e. The number of thioether (sulfide) groups is 2. The van der Waals surface area contributed by atoms with Gasteiger partial charge in [-0.05, 0) is 19.1 Å². The van der Waals surface area contributed by atoms with Gasteiger partial charge in [-0.2, -0.15) is 0 Å². The van der Waals surface area contributed by atoms with Gasteiger partial charge in [-0.15, -0.1) is 23.1 Å². The average molecular weight is 431 g/mol. The summed E-state index contributed by atoms with van der Waals surface area (Å²) in [6, 6.07) is 9.43. The molecule has 1 amide bonds.